The first-order chi connectivity index (χ1) is 10.8. The Morgan fingerprint density at radius 2 is 2.18 bits per heavy atom. The molecular formula is C17H23N5. The molecule has 22 heavy (non-hydrogen) atoms. The molecule has 3 heterocycles. The first-order valence-electron chi connectivity index (χ1n) is 7.90. The lowest BCUT2D eigenvalue weighted by Crippen LogP contribution is -2.40. The van der Waals surface area contributed by atoms with Gasteiger partial charge in [0.05, 0.1) is 0 Å². The third-order valence-electron chi connectivity index (χ3n) is 4.56. The molecule has 1 aliphatic heterocycles. The van der Waals surface area contributed by atoms with E-state index in [1.807, 2.05) is 24.5 Å². The van der Waals surface area contributed by atoms with Crippen molar-refractivity contribution in [2.24, 2.45) is 0 Å². The monoisotopic (exact) mass is 297 g/mol. The summed E-state index contributed by atoms with van der Waals surface area (Å²) < 4.78 is 0. The van der Waals surface area contributed by atoms with Gasteiger partial charge in [0.15, 0.2) is 5.82 Å². The number of likely N-dealkylation sites (N-methyl/N-ethyl adjacent to an activating group) is 1. The number of nitrogens with zero attached hydrogens (tertiary/aromatic N) is 5. The molecular weight excluding hydrogens is 274 g/mol. The van der Waals surface area contributed by atoms with Crippen molar-refractivity contribution < 1.29 is 0 Å². The topological polar surface area (TPSA) is 45.2 Å². The zero-order chi connectivity index (χ0) is 15.4. The van der Waals surface area contributed by atoms with Crippen LogP contribution in [0.1, 0.15) is 31.4 Å². The highest BCUT2D eigenvalue weighted by Gasteiger charge is 2.28. The van der Waals surface area contributed by atoms with E-state index in [4.69, 9.17) is 0 Å². The van der Waals surface area contributed by atoms with Crippen LogP contribution in [0.4, 0.5) is 5.82 Å². The molecule has 0 saturated carbocycles. The van der Waals surface area contributed by atoms with Gasteiger partial charge in [-0.05, 0) is 50.6 Å². The van der Waals surface area contributed by atoms with E-state index < -0.39 is 0 Å². The Balaban J connectivity index is 1.67. The zero-order valence-corrected chi connectivity index (χ0v) is 13.3. The predicted octanol–water partition coefficient (Wildman–Crippen LogP) is 2.53. The lowest BCUT2D eigenvalue weighted by Gasteiger charge is -2.32. The Morgan fingerprint density at radius 3 is 2.91 bits per heavy atom. The SMILES string of the molecule is CC(c1cccnc1)N(C)CC1CCCN1c1cccnn1. The van der Waals surface area contributed by atoms with Gasteiger partial charge in [-0.1, -0.05) is 6.07 Å². The summed E-state index contributed by atoms with van der Waals surface area (Å²) in [6.45, 7) is 4.32. The Bertz CT molecular complexity index is 574. The van der Waals surface area contributed by atoms with Crippen LogP contribution in [0.3, 0.4) is 0 Å². The van der Waals surface area contributed by atoms with Crippen molar-refractivity contribution in [2.45, 2.75) is 31.8 Å². The highest BCUT2D eigenvalue weighted by atomic mass is 15.3. The van der Waals surface area contributed by atoms with Crippen LogP contribution in [-0.2, 0) is 0 Å². The third kappa shape index (κ3) is 3.25. The van der Waals surface area contributed by atoms with Crippen LogP contribution in [0.15, 0.2) is 42.9 Å². The predicted molar refractivity (Wildman–Crippen MR) is 87.7 cm³/mol. The van der Waals surface area contributed by atoms with Crippen molar-refractivity contribution in [2.75, 3.05) is 25.0 Å². The highest BCUT2D eigenvalue weighted by molar-refractivity contribution is 5.39. The molecule has 1 aliphatic rings. The minimum atomic E-state index is 0.359. The normalized spacial score (nSPS) is 19.6. The third-order valence-corrected chi connectivity index (χ3v) is 4.56. The molecule has 0 aromatic carbocycles. The molecule has 0 aliphatic carbocycles. The molecule has 0 N–H and O–H groups in total. The molecule has 0 spiro atoms. The quantitative estimate of drug-likeness (QED) is 0.848. The van der Waals surface area contributed by atoms with Gasteiger partial charge in [-0.2, -0.15) is 5.10 Å². The number of pyridine rings is 1. The van der Waals surface area contributed by atoms with Crippen LogP contribution in [0.2, 0.25) is 0 Å². The molecule has 0 amide bonds. The first kappa shape index (κ1) is 14.9. The minimum Gasteiger partial charge on any atom is -0.351 e. The molecule has 3 rings (SSSR count). The molecule has 5 heteroatoms. The summed E-state index contributed by atoms with van der Waals surface area (Å²) in [5, 5.41) is 8.28. The summed E-state index contributed by atoms with van der Waals surface area (Å²) in [7, 11) is 2.19. The number of rotatable bonds is 5. The van der Waals surface area contributed by atoms with Crippen LogP contribution in [0.25, 0.3) is 0 Å². The van der Waals surface area contributed by atoms with Gasteiger partial charge in [0.25, 0.3) is 0 Å². The fraction of sp³-hybridized carbons (Fsp3) is 0.471. The van der Waals surface area contributed by atoms with Crippen molar-refractivity contribution in [3.8, 4) is 0 Å². The van der Waals surface area contributed by atoms with Gasteiger partial charge in [-0.15, -0.1) is 5.10 Å². The van der Waals surface area contributed by atoms with E-state index in [1.165, 1.54) is 18.4 Å². The van der Waals surface area contributed by atoms with Gasteiger partial charge < -0.3 is 4.90 Å². The van der Waals surface area contributed by atoms with Gasteiger partial charge >= 0.3 is 0 Å². The van der Waals surface area contributed by atoms with Crippen LogP contribution >= 0.6 is 0 Å². The summed E-state index contributed by atoms with van der Waals surface area (Å²) in [6.07, 6.45) is 7.93. The fourth-order valence-corrected chi connectivity index (χ4v) is 3.14. The lowest BCUT2D eigenvalue weighted by atomic mass is 10.1. The molecule has 5 nitrogen and oxygen atoms in total. The first-order valence-corrected chi connectivity index (χ1v) is 7.90. The molecule has 0 bridgehead atoms. The van der Waals surface area contributed by atoms with Crippen molar-refractivity contribution >= 4 is 5.82 Å². The maximum Gasteiger partial charge on any atom is 0.151 e. The molecule has 2 aromatic heterocycles. The highest BCUT2D eigenvalue weighted by Crippen LogP contribution is 2.26. The maximum atomic E-state index is 4.27. The summed E-state index contributed by atoms with van der Waals surface area (Å²) in [5.74, 6) is 0.993. The standard InChI is InChI=1S/C17H23N5/c1-14(15-6-3-9-18-12-15)21(2)13-16-7-5-11-22(16)17-8-4-10-19-20-17/h3-4,6,8-10,12,14,16H,5,7,11,13H2,1-2H3. The van der Waals surface area contributed by atoms with E-state index in [2.05, 4.69) is 51.1 Å². The smallest absolute Gasteiger partial charge is 0.151 e. The molecule has 0 radical (unpaired) electrons. The largest absolute Gasteiger partial charge is 0.351 e. The number of hydrogen-bond donors (Lipinski definition) is 0. The number of aromatic nitrogens is 3. The lowest BCUT2D eigenvalue weighted by molar-refractivity contribution is 0.244. The average Bonchev–Trinajstić information content (AvgIpc) is 3.04. The van der Waals surface area contributed by atoms with Crippen LogP contribution in [0.5, 0.6) is 0 Å². The second-order valence-corrected chi connectivity index (χ2v) is 5.97. The Morgan fingerprint density at radius 1 is 1.32 bits per heavy atom. The van der Waals surface area contributed by atoms with Crippen molar-refractivity contribution in [3.63, 3.8) is 0 Å². The summed E-state index contributed by atoms with van der Waals surface area (Å²) in [4.78, 5) is 9.01. The van der Waals surface area contributed by atoms with Gasteiger partial charge in [0, 0.05) is 43.8 Å². The van der Waals surface area contributed by atoms with Crippen LogP contribution in [-0.4, -0.2) is 46.3 Å². The second kappa shape index (κ2) is 6.83. The maximum absolute atomic E-state index is 4.27. The number of anilines is 1. The fourth-order valence-electron chi connectivity index (χ4n) is 3.14. The summed E-state index contributed by atoms with van der Waals surface area (Å²) >= 11 is 0. The summed E-state index contributed by atoms with van der Waals surface area (Å²) in [5.41, 5.74) is 1.26. The molecule has 1 fully saturated rings. The Kier molecular flexibility index (Phi) is 4.63. The van der Waals surface area contributed by atoms with Gasteiger partial charge in [-0.3, -0.25) is 9.88 Å². The van der Waals surface area contributed by atoms with Gasteiger partial charge in [0.1, 0.15) is 0 Å². The van der Waals surface area contributed by atoms with E-state index in [0.29, 0.717) is 12.1 Å². The van der Waals surface area contributed by atoms with Crippen LogP contribution < -0.4 is 4.90 Å². The Hall–Kier alpha value is -2.01. The molecule has 2 aromatic rings. The molecule has 2 atom stereocenters. The van der Waals surface area contributed by atoms with Gasteiger partial charge in [0.2, 0.25) is 0 Å². The van der Waals surface area contributed by atoms with E-state index in [1.54, 1.807) is 6.20 Å². The van der Waals surface area contributed by atoms with E-state index in [0.717, 1.165) is 18.9 Å². The Labute approximate surface area is 132 Å². The average molecular weight is 297 g/mol. The van der Waals surface area contributed by atoms with E-state index in [-0.39, 0.29) is 0 Å². The molecule has 116 valence electrons. The van der Waals surface area contributed by atoms with Crippen molar-refractivity contribution in [3.05, 3.63) is 48.4 Å². The second-order valence-electron chi connectivity index (χ2n) is 5.97. The molecule has 2 unspecified atom stereocenters. The summed E-state index contributed by atoms with van der Waals surface area (Å²) in [6, 6.07) is 9.01. The van der Waals surface area contributed by atoms with E-state index >= 15 is 0 Å². The zero-order valence-electron chi connectivity index (χ0n) is 13.3. The van der Waals surface area contributed by atoms with E-state index in [9.17, 15) is 0 Å². The molecule has 1 saturated heterocycles. The van der Waals surface area contributed by atoms with Crippen molar-refractivity contribution in [1.82, 2.24) is 20.1 Å². The number of hydrogen-bond acceptors (Lipinski definition) is 5. The van der Waals surface area contributed by atoms with Gasteiger partial charge in [-0.25, -0.2) is 0 Å². The van der Waals surface area contributed by atoms with Crippen LogP contribution in [0, 0.1) is 0 Å². The van der Waals surface area contributed by atoms with Crippen molar-refractivity contribution in [1.29, 1.82) is 0 Å². The minimum absolute atomic E-state index is 0.359.